The number of fused-ring (bicyclic) bond motifs is 10. The summed E-state index contributed by atoms with van der Waals surface area (Å²) in [5, 5.41) is 9.64. The third kappa shape index (κ3) is 4.38. The van der Waals surface area contributed by atoms with Crippen LogP contribution in [0.25, 0.3) is 110 Å². The van der Waals surface area contributed by atoms with Crippen LogP contribution < -0.4 is 0 Å². The number of furan rings is 1. The Bertz CT molecular complexity index is 3490. The molecule has 3 heteroatoms. The van der Waals surface area contributed by atoms with E-state index in [0.29, 0.717) is 0 Å². The van der Waals surface area contributed by atoms with E-state index in [1.165, 1.54) is 65.5 Å². The van der Waals surface area contributed by atoms with Crippen LogP contribution in [0.2, 0.25) is 0 Å². The Morgan fingerprint density at radius 2 is 0.836 bits per heavy atom. The van der Waals surface area contributed by atoms with Gasteiger partial charge in [-0.05, 0) is 70.6 Å². The van der Waals surface area contributed by atoms with Gasteiger partial charge < -0.3 is 13.6 Å². The third-order valence-corrected chi connectivity index (χ3v) is 11.5. The number of nitrogens with zero attached hydrogens (tertiary/aromatic N) is 2. The molecule has 0 saturated heterocycles. The van der Waals surface area contributed by atoms with Crippen molar-refractivity contribution in [3.8, 4) is 33.6 Å². The largest absolute Gasteiger partial charge is 0.455 e. The molecule has 55 heavy (non-hydrogen) atoms. The molecule has 0 unspecified atom stereocenters. The van der Waals surface area contributed by atoms with E-state index in [0.717, 1.165) is 44.4 Å². The Morgan fingerprint density at radius 1 is 0.309 bits per heavy atom. The number of hydrogen-bond acceptors (Lipinski definition) is 1. The Morgan fingerprint density at radius 3 is 1.58 bits per heavy atom. The molecule has 12 aromatic rings. The number of aromatic nitrogens is 2. The minimum atomic E-state index is 0.910. The molecule has 0 aliphatic rings. The molecule has 0 aliphatic carbocycles. The molecular weight excluding hydrogens is 669 g/mol. The third-order valence-electron chi connectivity index (χ3n) is 11.5. The SMILES string of the molecule is c1ccc(-n2c3ccccc3c3ccc(-c4ccc5c6ccccc6n(-c6cccc7c(-c8cccc9c8oc8ccccc89)cccc67)c5c4)cc32)cc1. The number of hydrogen-bond donors (Lipinski definition) is 0. The van der Waals surface area contributed by atoms with Gasteiger partial charge in [-0.2, -0.15) is 0 Å². The molecule has 0 bridgehead atoms. The van der Waals surface area contributed by atoms with E-state index in [2.05, 4.69) is 197 Å². The molecular formula is C52H32N2O. The molecule has 0 aliphatic heterocycles. The van der Waals surface area contributed by atoms with Crippen molar-refractivity contribution in [2.75, 3.05) is 0 Å². The lowest BCUT2D eigenvalue weighted by Crippen LogP contribution is -1.96. The first-order chi connectivity index (χ1) is 27.3. The second kappa shape index (κ2) is 11.6. The second-order valence-corrected chi connectivity index (χ2v) is 14.5. The van der Waals surface area contributed by atoms with Crippen molar-refractivity contribution in [3.05, 3.63) is 194 Å². The summed E-state index contributed by atoms with van der Waals surface area (Å²) in [6.45, 7) is 0. The van der Waals surface area contributed by atoms with Crippen LogP contribution in [-0.4, -0.2) is 9.13 Å². The van der Waals surface area contributed by atoms with Crippen LogP contribution in [0.15, 0.2) is 199 Å². The van der Waals surface area contributed by atoms with Crippen molar-refractivity contribution < 1.29 is 4.42 Å². The highest BCUT2D eigenvalue weighted by molar-refractivity contribution is 6.15. The van der Waals surface area contributed by atoms with Gasteiger partial charge in [-0.15, -0.1) is 0 Å². The Labute approximate surface area is 316 Å². The van der Waals surface area contributed by atoms with Crippen LogP contribution in [-0.2, 0) is 0 Å². The zero-order chi connectivity index (χ0) is 36.0. The minimum absolute atomic E-state index is 0.910. The molecule has 0 saturated carbocycles. The molecule has 0 amide bonds. The molecule has 256 valence electrons. The zero-order valence-electron chi connectivity index (χ0n) is 29.8. The van der Waals surface area contributed by atoms with Crippen molar-refractivity contribution in [1.29, 1.82) is 0 Å². The van der Waals surface area contributed by atoms with Crippen molar-refractivity contribution in [3.63, 3.8) is 0 Å². The quantitative estimate of drug-likeness (QED) is 0.179. The average molecular weight is 701 g/mol. The van der Waals surface area contributed by atoms with E-state index in [1.807, 2.05) is 6.07 Å². The first-order valence-corrected chi connectivity index (χ1v) is 18.9. The summed E-state index contributed by atoms with van der Waals surface area (Å²) in [6.07, 6.45) is 0. The Hall–Kier alpha value is -7.36. The van der Waals surface area contributed by atoms with Crippen molar-refractivity contribution in [2.45, 2.75) is 0 Å². The van der Waals surface area contributed by atoms with Crippen LogP contribution in [0.5, 0.6) is 0 Å². The van der Waals surface area contributed by atoms with Gasteiger partial charge in [0.25, 0.3) is 0 Å². The smallest absolute Gasteiger partial charge is 0.143 e. The van der Waals surface area contributed by atoms with Gasteiger partial charge in [-0.25, -0.2) is 0 Å². The summed E-state index contributed by atoms with van der Waals surface area (Å²) < 4.78 is 11.4. The van der Waals surface area contributed by atoms with E-state index in [4.69, 9.17) is 4.42 Å². The van der Waals surface area contributed by atoms with Crippen molar-refractivity contribution >= 4 is 76.3 Å². The molecule has 0 N–H and O–H groups in total. The van der Waals surface area contributed by atoms with Gasteiger partial charge in [-0.1, -0.05) is 146 Å². The molecule has 0 fully saturated rings. The first-order valence-electron chi connectivity index (χ1n) is 18.9. The van der Waals surface area contributed by atoms with Crippen LogP contribution in [0.3, 0.4) is 0 Å². The minimum Gasteiger partial charge on any atom is -0.455 e. The standard InChI is InChI=1S/C52H32N2O/c1-2-13-35(14-3-1)53-46-23-7-4-15-39(46)41-29-27-33(31-49(41)53)34-28-30-42-40-16-5-8-24-47(40)54(50(42)32-34)48-25-12-19-36-37(18-10-20-38(36)48)44-21-11-22-45-43-17-6-9-26-51(43)55-52(44)45/h1-32H. The van der Waals surface area contributed by atoms with Crippen LogP contribution in [0.4, 0.5) is 0 Å². The van der Waals surface area contributed by atoms with Crippen LogP contribution >= 0.6 is 0 Å². The zero-order valence-corrected chi connectivity index (χ0v) is 29.8. The predicted octanol–water partition coefficient (Wildman–Crippen LogP) is 14.3. The van der Waals surface area contributed by atoms with Gasteiger partial charge >= 0.3 is 0 Å². The lowest BCUT2D eigenvalue weighted by molar-refractivity contribution is 0.670. The molecule has 0 spiro atoms. The average Bonchev–Trinajstić information content (AvgIpc) is 3.91. The van der Waals surface area contributed by atoms with Crippen molar-refractivity contribution in [1.82, 2.24) is 9.13 Å². The first kappa shape index (κ1) is 30.1. The van der Waals surface area contributed by atoms with Gasteiger partial charge in [0.1, 0.15) is 11.2 Å². The molecule has 0 radical (unpaired) electrons. The Kier molecular flexibility index (Phi) is 6.34. The fourth-order valence-electron chi connectivity index (χ4n) is 9.10. The maximum atomic E-state index is 6.53. The lowest BCUT2D eigenvalue weighted by atomic mass is 9.96. The van der Waals surface area contributed by atoms with E-state index in [9.17, 15) is 0 Å². The highest BCUT2D eigenvalue weighted by atomic mass is 16.3. The van der Waals surface area contributed by atoms with Gasteiger partial charge in [0.05, 0.1) is 27.8 Å². The molecule has 9 aromatic carbocycles. The molecule has 12 rings (SSSR count). The fourth-order valence-corrected chi connectivity index (χ4v) is 9.10. The maximum absolute atomic E-state index is 6.53. The highest BCUT2D eigenvalue weighted by Gasteiger charge is 2.19. The number of benzene rings is 9. The summed E-state index contributed by atoms with van der Waals surface area (Å²) in [5.41, 5.74) is 13.6. The Balaban J connectivity index is 1.08. The van der Waals surface area contributed by atoms with E-state index >= 15 is 0 Å². The van der Waals surface area contributed by atoms with E-state index in [1.54, 1.807) is 0 Å². The van der Waals surface area contributed by atoms with E-state index < -0.39 is 0 Å². The molecule has 0 atom stereocenters. The summed E-state index contributed by atoms with van der Waals surface area (Å²) in [4.78, 5) is 0. The van der Waals surface area contributed by atoms with Crippen LogP contribution in [0.1, 0.15) is 0 Å². The summed E-state index contributed by atoms with van der Waals surface area (Å²) in [7, 11) is 0. The summed E-state index contributed by atoms with van der Waals surface area (Å²) in [6, 6.07) is 70.3. The maximum Gasteiger partial charge on any atom is 0.143 e. The predicted molar refractivity (Wildman–Crippen MR) is 231 cm³/mol. The lowest BCUT2D eigenvalue weighted by Gasteiger charge is -2.15. The van der Waals surface area contributed by atoms with Gasteiger partial charge in [0, 0.05) is 49.0 Å². The molecule has 3 aromatic heterocycles. The van der Waals surface area contributed by atoms with Gasteiger partial charge in [0.2, 0.25) is 0 Å². The summed E-state index contributed by atoms with van der Waals surface area (Å²) >= 11 is 0. The number of para-hydroxylation sites is 5. The number of rotatable bonds is 4. The monoisotopic (exact) mass is 700 g/mol. The molecule has 3 nitrogen and oxygen atoms in total. The van der Waals surface area contributed by atoms with E-state index in [-0.39, 0.29) is 0 Å². The van der Waals surface area contributed by atoms with Crippen LogP contribution in [0, 0.1) is 0 Å². The van der Waals surface area contributed by atoms with Gasteiger partial charge in [-0.3, -0.25) is 0 Å². The summed E-state index contributed by atoms with van der Waals surface area (Å²) in [5.74, 6) is 0. The normalized spacial score (nSPS) is 12.0. The fraction of sp³-hybridized carbons (Fsp3) is 0. The van der Waals surface area contributed by atoms with Crippen molar-refractivity contribution in [2.24, 2.45) is 0 Å². The topological polar surface area (TPSA) is 23.0 Å². The highest BCUT2D eigenvalue weighted by Crippen LogP contribution is 2.42. The van der Waals surface area contributed by atoms with Gasteiger partial charge in [0.15, 0.2) is 0 Å². The second-order valence-electron chi connectivity index (χ2n) is 14.5. The molecule has 3 heterocycles.